The number of nitrogens with one attached hydrogen (secondary N) is 1. The van der Waals surface area contributed by atoms with Gasteiger partial charge in [0.2, 0.25) is 0 Å². The Hall–Kier alpha value is -0.620. The molecule has 4 heteroatoms. The summed E-state index contributed by atoms with van der Waals surface area (Å²) in [4.78, 5) is 12.2. The van der Waals surface area contributed by atoms with Gasteiger partial charge in [0.05, 0.1) is 13.0 Å². The Balaban J connectivity index is 0.00000161. The van der Waals surface area contributed by atoms with Crippen LogP contribution >= 0.6 is 22.6 Å². The maximum Gasteiger partial charge on any atom is 0.310 e. The number of aryl methyl sites for hydroxylation is 1. The van der Waals surface area contributed by atoms with Gasteiger partial charge in [-0.05, 0) is 66.0 Å². The van der Waals surface area contributed by atoms with Crippen molar-refractivity contribution in [1.29, 1.82) is 0 Å². The van der Waals surface area contributed by atoms with E-state index < -0.39 is 0 Å². The number of esters is 1. The molecule has 4 atom stereocenters. The molecule has 0 amide bonds. The number of hydrogen-bond acceptors (Lipinski definition) is 3. The van der Waals surface area contributed by atoms with Crippen molar-refractivity contribution in [3.63, 3.8) is 0 Å². The number of ether oxygens (including phenoxy) is 1. The molecular weight excluding hydrogens is 377 g/mol. The van der Waals surface area contributed by atoms with Crippen LogP contribution < -0.4 is 5.32 Å². The van der Waals surface area contributed by atoms with Crippen molar-refractivity contribution in [2.24, 2.45) is 5.92 Å². The van der Waals surface area contributed by atoms with Crippen LogP contribution in [0.5, 0.6) is 0 Å². The highest BCUT2D eigenvalue weighted by atomic mass is 127. The van der Waals surface area contributed by atoms with Gasteiger partial charge in [-0.2, -0.15) is 0 Å². The van der Waals surface area contributed by atoms with Gasteiger partial charge < -0.3 is 10.1 Å². The van der Waals surface area contributed by atoms with Crippen molar-refractivity contribution in [3.05, 3.63) is 32.9 Å². The first kappa shape index (κ1) is 16.7. The minimum Gasteiger partial charge on any atom is -0.469 e. The third-order valence-electron chi connectivity index (χ3n) is 4.78. The third kappa shape index (κ3) is 3.11. The van der Waals surface area contributed by atoms with Gasteiger partial charge in [-0.15, -0.1) is 0 Å². The number of fused-ring (bicyclic) bond motifs is 2. The van der Waals surface area contributed by atoms with E-state index in [-0.39, 0.29) is 31.3 Å². The molecule has 0 aromatic heterocycles. The number of piperidine rings is 1. The van der Waals surface area contributed by atoms with Gasteiger partial charge in [-0.1, -0.05) is 19.6 Å². The Morgan fingerprint density at radius 2 is 2.14 bits per heavy atom. The molecule has 0 saturated carbocycles. The lowest BCUT2D eigenvalue weighted by atomic mass is 9.77. The minimum atomic E-state index is -0.0663. The summed E-state index contributed by atoms with van der Waals surface area (Å²) < 4.78 is 6.34. The van der Waals surface area contributed by atoms with Crippen molar-refractivity contribution < 1.29 is 9.53 Å². The predicted molar refractivity (Wildman–Crippen MR) is 93.4 cm³/mol. The van der Waals surface area contributed by atoms with Crippen molar-refractivity contribution in [1.82, 2.24) is 5.32 Å². The molecule has 0 radical (unpaired) electrons. The van der Waals surface area contributed by atoms with Crippen molar-refractivity contribution in [2.45, 2.75) is 51.6 Å². The summed E-state index contributed by atoms with van der Waals surface area (Å²) in [7, 11) is 1.50. The number of carbonyl (C=O) groups excluding carboxylic acids is 1. The Morgan fingerprint density at radius 1 is 1.38 bits per heavy atom. The predicted octanol–water partition coefficient (Wildman–Crippen LogP) is 3.63. The van der Waals surface area contributed by atoms with Gasteiger partial charge in [0.15, 0.2) is 0 Å². The van der Waals surface area contributed by atoms with Crippen molar-refractivity contribution in [3.8, 4) is 0 Å². The monoisotopic (exact) mass is 401 g/mol. The SMILES string of the molecule is C.COC(=O)C1C2CCC(CC1c1ccc(C)c(I)c1)N2. The number of halogens is 1. The van der Waals surface area contributed by atoms with Crippen LogP contribution in [-0.4, -0.2) is 25.2 Å². The summed E-state index contributed by atoms with van der Waals surface area (Å²) in [5.41, 5.74) is 2.58. The quantitative estimate of drug-likeness (QED) is 0.608. The van der Waals surface area contributed by atoms with E-state index >= 15 is 0 Å². The normalized spacial score (nSPS) is 30.6. The number of carbonyl (C=O) groups is 1. The number of methoxy groups -OCH3 is 1. The van der Waals surface area contributed by atoms with Gasteiger partial charge >= 0.3 is 5.97 Å². The fraction of sp³-hybridized carbons (Fsp3) is 0.588. The molecule has 2 saturated heterocycles. The molecule has 4 unspecified atom stereocenters. The van der Waals surface area contributed by atoms with E-state index in [1.807, 2.05) is 0 Å². The molecule has 2 aliphatic rings. The summed E-state index contributed by atoms with van der Waals surface area (Å²) in [6, 6.07) is 7.43. The number of rotatable bonds is 2. The summed E-state index contributed by atoms with van der Waals surface area (Å²) in [6.45, 7) is 2.12. The van der Waals surface area contributed by atoms with Crippen LogP contribution in [0.3, 0.4) is 0 Å². The van der Waals surface area contributed by atoms with E-state index in [1.165, 1.54) is 28.2 Å². The first-order valence-corrected chi connectivity index (χ1v) is 8.28. The fourth-order valence-corrected chi connectivity index (χ4v) is 4.24. The average Bonchev–Trinajstić information content (AvgIpc) is 2.82. The molecule has 2 fully saturated rings. The van der Waals surface area contributed by atoms with Crippen LogP contribution in [-0.2, 0) is 9.53 Å². The molecule has 1 aromatic carbocycles. The fourth-order valence-electron chi connectivity index (χ4n) is 3.70. The van der Waals surface area contributed by atoms with Crippen LogP contribution in [0.4, 0.5) is 0 Å². The second kappa shape index (κ2) is 6.65. The van der Waals surface area contributed by atoms with Gasteiger partial charge in [0.25, 0.3) is 0 Å². The number of benzene rings is 1. The lowest BCUT2D eigenvalue weighted by Gasteiger charge is -2.36. The summed E-state index contributed by atoms with van der Waals surface area (Å²) in [6.07, 6.45) is 3.30. The Kier molecular flexibility index (Phi) is 5.30. The van der Waals surface area contributed by atoms with E-state index in [2.05, 4.69) is 53.0 Å². The van der Waals surface area contributed by atoms with Gasteiger partial charge in [0.1, 0.15) is 0 Å². The van der Waals surface area contributed by atoms with E-state index in [4.69, 9.17) is 4.74 Å². The van der Waals surface area contributed by atoms with Gasteiger partial charge in [-0.25, -0.2) is 0 Å². The van der Waals surface area contributed by atoms with E-state index in [1.54, 1.807) is 0 Å². The molecular formula is C17H24INO2. The van der Waals surface area contributed by atoms with Crippen molar-refractivity contribution in [2.75, 3.05) is 7.11 Å². The largest absolute Gasteiger partial charge is 0.469 e. The van der Waals surface area contributed by atoms with Crippen LogP contribution in [0.1, 0.15) is 43.7 Å². The molecule has 1 aromatic rings. The Labute approximate surface area is 141 Å². The van der Waals surface area contributed by atoms with E-state index in [9.17, 15) is 4.79 Å². The highest BCUT2D eigenvalue weighted by Gasteiger charge is 2.46. The summed E-state index contributed by atoms with van der Waals surface area (Å²) in [5, 5.41) is 3.58. The summed E-state index contributed by atoms with van der Waals surface area (Å²) >= 11 is 2.37. The molecule has 2 bridgehead atoms. The lowest BCUT2D eigenvalue weighted by molar-refractivity contribution is -0.148. The zero-order valence-electron chi connectivity index (χ0n) is 11.9. The first-order chi connectivity index (χ1) is 9.60. The summed E-state index contributed by atoms with van der Waals surface area (Å²) in [5.74, 6) is 0.177. The highest BCUT2D eigenvalue weighted by Crippen LogP contribution is 2.42. The zero-order chi connectivity index (χ0) is 14.3. The molecule has 0 aliphatic carbocycles. The Bertz CT molecular complexity index is 532. The van der Waals surface area contributed by atoms with Crippen LogP contribution in [0.15, 0.2) is 18.2 Å². The molecule has 3 rings (SSSR count). The second-order valence-corrected chi connectivity index (χ2v) is 7.11. The second-order valence-electron chi connectivity index (χ2n) is 5.95. The topological polar surface area (TPSA) is 38.3 Å². The standard InChI is InChI=1S/C16H20INO2.CH4/c1-9-3-4-10(7-13(9)17)12-8-11-5-6-14(18-11)15(12)16(19)20-2;/h3-4,7,11-12,14-15,18H,5-6,8H2,1-2H3;1H4. The minimum absolute atomic E-state index is 0. The highest BCUT2D eigenvalue weighted by molar-refractivity contribution is 14.1. The van der Waals surface area contributed by atoms with Crippen molar-refractivity contribution >= 4 is 28.6 Å². The van der Waals surface area contributed by atoms with Gasteiger partial charge in [0, 0.05) is 21.6 Å². The lowest BCUT2D eigenvalue weighted by Crippen LogP contribution is -2.48. The number of hydrogen-bond donors (Lipinski definition) is 1. The van der Waals surface area contributed by atoms with Crippen LogP contribution in [0, 0.1) is 16.4 Å². The molecule has 0 spiro atoms. The first-order valence-electron chi connectivity index (χ1n) is 7.20. The maximum absolute atomic E-state index is 12.2. The molecule has 2 heterocycles. The third-order valence-corrected chi connectivity index (χ3v) is 5.94. The van der Waals surface area contributed by atoms with E-state index in [0.29, 0.717) is 6.04 Å². The Morgan fingerprint density at radius 3 is 2.81 bits per heavy atom. The zero-order valence-corrected chi connectivity index (χ0v) is 14.0. The van der Waals surface area contributed by atoms with E-state index in [0.717, 1.165) is 12.8 Å². The molecule has 21 heavy (non-hydrogen) atoms. The smallest absolute Gasteiger partial charge is 0.310 e. The molecule has 116 valence electrons. The van der Waals surface area contributed by atoms with Crippen LogP contribution in [0.2, 0.25) is 0 Å². The maximum atomic E-state index is 12.2. The molecule has 1 N–H and O–H groups in total. The molecule has 2 aliphatic heterocycles. The molecule has 3 nitrogen and oxygen atoms in total. The van der Waals surface area contributed by atoms with Crippen LogP contribution in [0.25, 0.3) is 0 Å². The van der Waals surface area contributed by atoms with Gasteiger partial charge in [-0.3, -0.25) is 4.79 Å². The average molecular weight is 401 g/mol.